The quantitative estimate of drug-likeness (QED) is 0.242. The van der Waals surface area contributed by atoms with Gasteiger partial charge in [-0.1, -0.05) is 0 Å². The average Bonchev–Trinajstić information content (AvgIpc) is 2.78. The second-order valence-electron chi connectivity index (χ2n) is 7.27. The van der Waals surface area contributed by atoms with Crippen molar-refractivity contribution in [3.63, 3.8) is 0 Å². The van der Waals surface area contributed by atoms with Crippen LogP contribution in [-0.4, -0.2) is 27.6 Å². The number of anilines is 1. The van der Waals surface area contributed by atoms with E-state index in [0.29, 0.717) is 27.7 Å². The molecule has 0 radical (unpaired) electrons. The van der Waals surface area contributed by atoms with Gasteiger partial charge in [-0.15, -0.1) is 0 Å². The number of aryl methyl sites for hydroxylation is 2. The summed E-state index contributed by atoms with van der Waals surface area (Å²) in [4.78, 5) is 32.9. The maximum atomic E-state index is 12.4. The number of ether oxygens (including phenoxy) is 2. The maximum Gasteiger partial charge on any atom is 0.270 e. The molecule has 0 aliphatic carbocycles. The number of amides is 1. The van der Waals surface area contributed by atoms with Crippen molar-refractivity contribution in [2.75, 3.05) is 12.1 Å². The number of nitro benzene ring substituents is 1. The minimum atomic E-state index is -0.491. The van der Waals surface area contributed by atoms with Gasteiger partial charge in [-0.3, -0.25) is 14.9 Å². The lowest BCUT2D eigenvalue weighted by Gasteiger charge is -2.19. The number of hydrogen-bond acceptors (Lipinski definition) is 8. The van der Waals surface area contributed by atoms with Crippen LogP contribution in [0.15, 0.2) is 58.6 Å². The first-order chi connectivity index (χ1) is 15.9. The van der Waals surface area contributed by atoms with Crippen molar-refractivity contribution >= 4 is 35.1 Å². The van der Waals surface area contributed by atoms with Crippen molar-refractivity contribution in [3.05, 3.63) is 81.2 Å². The molecule has 4 rings (SSSR count). The average molecular weight is 465 g/mol. The third kappa shape index (κ3) is 5.73. The number of carbonyl (C=O) groups excluding carboxylic acids is 1. The standard InChI is InChI=1S/C23H20N4O5S/c1-14-9-15(2)25-23(24-14)33-20-6-4-18(5-7-20)26-21(28)8-3-16-10-19(27(29)30)11-17-12-31-13-32-22(16)17/h3-11H,12-13H2,1-2H3,(H,26,28)/b8-3+. The highest BCUT2D eigenvalue weighted by Gasteiger charge is 2.19. The first-order valence-corrected chi connectivity index (χ1v) is 10.8. The predicted molar refractivity (Wildman–Crippen MR) is 123 cm³/mol. The molecule has 3 aromatic rings. The summed E-state index contributed by atoms with van der Waals surface area (Å²) >= 11 is 1.44. The molecule has 0 spiro atoms. The molecule has 0 saturated heterocycles. The molecule has 9 nitrogen and oxygen atoms in total. The number of nitro groups is 1. The van der Waals surface area contributed by atoms with Gasteiger partial charge in [0, 0.05) is 51.3 Å². The number of benzene rings is 2. The number of hydrogen-bond donors (Lipinski definition) is 1. The molecule has 2 heterocycles. The number of fused-ring (bicyclic) bond motifs is 1. The summed E-state index contributed by atoms with van der Waals surface area (Å²) in [6.07, 6.45) is 2.80. The van der Waals surface area contributed by atoms with E-state index in [2.05, 4.69) is 15.3 Å². The second kappa shape index (κ2) is 9.80. The fraction of sp³-hybridized carbons (Fsp3) is 0.174. The zero-order chi connectivity index (χ0) is 23.4. The Kier molecular flexibility index (Phi) is 6.66. The second-order valence-corrected chi connectivity index (χ2v) is 8.31. The predicted octanol–water partition coefficient (Wildman–Crippen LogP) is 4.67. The topological polar surface area (TPSA) is 116 Å². The Morgan fingerprint density at radius 3 is 2.58 bits per heavy atom. The van der Waals surface area contributed by atoms with Crippen molar-refractivity contribution in [3.8, 4) is 5.75 Å². The molecule has 10 heteroatoms. The monoisotopic (exact) mass is 464 g/mol. The van der Waals surface area contributed by atoms with Gasteiger partial charge in [0.15, 0.2) is 11.9 Å². The lowest BCUT2D eigenvalue weighted by atomic mass is 10.1. The fourth-order valence-corrected chi connectivity index (χ4v) is 4.12. The maximum absolute atomic E-state index is 12.4. The number of nitrogens with zero attached hydrogens (tertiary/aromatic N) is 3. The van der Waals surface area contributed by atoms with Crippen LogP contribution in [0.2, 0.25) is 0 Å². The van der Waals surface area contributed by atoms with Gasteiger partial charge in [-0.2, -0.15) is 0 Å². The lowest BCUT2D eigenvalue weighted by molar-refractivity contribution is -0.385. The molecule has 168 valence electrons. The van der Waals surface area contributed by atoms with Gasteiger partial charge in [0.25, 0.3) is 5.69 Å². The van der Waals surface area contributed by atoms with E-state index in [9.17, 15) is 14.9 Å². The van der Waals surface area contributed by atoms with Gasteiger partial charge in [0.05, 0.1) is 11.5 Å². The minimum Gasteiger partial charge on any atom is -0.467 e. The smallest absolute Gasteiger partial charge is 0.270 e. The van der Waals surface area contributed by atoms with Gasteiger partial charge in [-0.05, 0) is 62.0 Å². The van der Waals surface area contributed by atoms with Gasteiger partial charge < -0.3 is 14.8 Å². The Hall–Kier alpha value is -3.76. The summed E-state index contributed by atoms with van der Waals surface area (Å²) in [5.41, 5.74) is 3.34. The van der Waals surface area contributed by atoms with Gasteiger partial charge in [0.1, 0.15) is 5.75 Å². The van der Waals surface area contributed by atoms with Gasteiger partial charge in [0.2, 0.25) is 5.91 Å². The highest BCUT2D eigenvalue weighted by atomic mass is 32.2. The number of rotatable bonds is 6. The Bertz CT molecular complexity index is 1220. The van der Waals surface area contributed by atoms with E-state index < -0.39 is 4.92 Å². The third-order valence-electron chi connectivity index (χ3n) is 4.64. The highest BCUT2D eigenvalue weighted by Crippen LogP contribution is 2.33. The van der Waals surface area contributed by atoms with Crippen LogP contribution in [0, 0.1) is 24.0 Å². The molecule has 0 unspecified atom stereocenters. The van der Waals surface area contributed by atoms with Crippen molar-refractivity contribution in [2.24, 2.45) is 0 Å². The molecular weight excluding hydrogens is 444 g/mol. The van der Waals surface area contributed by atoms with E-state index in [1.54, 1.807) is 12.1 Å². The largest absolute Gasteiger partial charge is 0.467 e. The van der Waals surface area contributed by atoms with E-state index in [4.69, 9.17) is 9.47 Å². The summed E-state index contributed by atoms with van der Waals surface area (Å²) in [6, 6.07) is 12.0. The fourth-order valence-electron chi connectivity index (χ4n) is 3.26. The molecule has 1 aromatic heterocycles. The number of non-ortho nitro benzene ring substituents is 1. The first kappa shape index (κ1) is 22.4. The van der Waals surface area contributed by atoms with Gasteiger partial charge in [-0.25, -0.2) is 9.97 Å². The molecule has 0 saturated carbocycles. The van der Waals surface area contributed by atoms with Crippen molar-refractivity contribution in [1.82, 2.24) is 9.97 Å². The molecule has 0 atom stereocenters. The van der Waals surface area contributed by atoms with Crippen LogP contribution < -0.4 is 10.1 Å². The van der Waals surface area contributed by atoms with Crippen LogP contribution in [0.25, 0.3) is 6.08 Å². The van der Waals surface area contributed by atoms with E-state index in [1.165, 1.54) is 36.0 Å². The SMILES string of the molecule is Cc1cc(C)nc(Sc2ccc(NC(=O)/C=C/c3cc([N+](=O)[O-])cc4c3OCOC4)cc2)n1. The molecule has 0 bridgehead atoms. The van der Waals surface area contributed by atoms with Crippen molar-refractivity contribution in [1.29, 1.82) is 0 Å². The highest BCUT2D eigenvalue weighted by molar-refractivity contribution is 7.99. The first-order valence-electron chi connectivity index (χ1n) is 9.98. The van der Waals surface area contributed by atoms with Gasteiger partial charge >= 0.3 is 0 Å². The summed E-state index contributed by atoms with van der Waals surface area (Å²) in [5, 5.41) is 14.6. The van der Waals surface area contributed by atoms with Crippen LogP contribution in [0.5, 0.6) is 5.75 Å². The Labute approximate surface area is 194 Å². The molecule has 1 N–H and O–H groups in total. The molecule has 1 aliphatic heterocycles. The van der Waals surface area contributed by atoms with Crippen LogP contribution in [0.4, 0.5) is 11.4 Å². The molecule has 2 aromatic carbocycles. The number of aromatic nitrogens is 2. The normalized spacial score (nSPS) is 12.8. The van der Waals surface area contributed by atoms with Crippen LogP contribution in [0.3, 0.4) is 0 Å². The van der Waals surface area contributed by atoms with Crippen LogP contribution in [0.1, 0.15) is 22.5 Å². The van der Waals surface area contributed by atoms with Crippen molar-refractivity contribution in [2.45, 2.75) is 30.5 Å². The summed E-state index contributed by atoms with van der Waals surface area (Å²) in [6.45, 7) is 4.11. The van der Waals surface area contributed by atoms with E-state index in [0.717, 1.165) is 16.3 Å². The molecular formula is C23H20N4O5S. The van der Waals surface area contributed by atoms with E-state index >= 15 is 0 Å². The Morgan fingerprint density at radius 2 is 1.88 bits per heavy atom. The molecule has 1 aliphatic rings. The summed E-state index contributed by atoms with van der Waals surface area (Å²) in [7, 11) is 0. The minimum absolute atomic E-state index is 0.0510. The summed E-state index contributed by atoms with van der Waals surface area (Å²) < 4.78 is 10.7. The van der Waals surface area contributed by atoms with Crippen LogP contribution in [-0.2, 0) is 16.1 Å². The number of nitrogens with one attached hydrogen (secondary N) is 1. The summed E-state index contributed by atoms with van der Waals surface area (Å²) in [5.74, 6) is 0.103. The van der Waals surface area contributed by atoms with Crippen LogP contribution >= 0.6 is 11.8 Å². The van der Waals surface area contributed by atoms with E-state index in [-0.39, 0.29) is 25.0 Å². The molecule has 33 heavy (non-hydrogen) atoms. The number of carbonyl (C=O) groups is 1. The Morgan fingerprint density at radius 1 is 1.15 bits per heavy atom. The molecule has 1 amide bonds. The zero-order valence-corrected chi connectivity index (χ0v) is 18.7. The third-order valence-corrected chi connectivity index (χ3v) is 5.51. The Balaban J connectivity index is 1.44. The van der Waals surface area contributed by atoms with Crippen molar-refractivity contribution < 1.29 is 19.2 Å². The lowest BCUT2D eigenvalue weighted by Crippen LogP contribution is -2.13. The zero-order valence-electron chi connectivity index (χ0n) is 17.9. The van der Waals surface area contributed by atoms with E-state index in [1.807, 2.05) is 32.0 Å². The molecule has 0 fully saturated rings.